The van der Waals surface area contributed by atoms with E-state index in [1.165, 1.54) is 0 Å². The SMILES string of the molecule is C#CCCC(=O)N1CCCC(N)C1. The molecule has 0 aliphatic carbocycles. The van der Waals surface area contributed by atoms with Gasteiger partial charge in [-0.05, 0) is 12.8 Å². The summed E-state index contributed by atoms with van der Waals surface area (Å²) in [7, 11) is 0. The summed E-state index contributed by atoms with van der Waals surface area (Å²) >= 11 is 0. The topological polar surface area (TPSA) is 46.3 Å². The van der Waals surface area contributed by atoms with E-state index in [1.54, 1.807) is 0 Å². The first-order valence-electron chi connectivity index (χ1n) is 4.71. The van der Waals surface area contributed by atoms with Crippen LogP contribution in [0.5, 0.6) is 0 Å². The average Bonchev–Trinajstić information content (AvgIpc) is 2.14. The van der Waals surface area contributed by atoms with Gasteiger partial charge < -0.3 is 10.6 Å². The number of nitrogens with zero attached hydrogens (tertiary/aromatic N) is 1. The number of hydrogen-bond acceptors (Lipinski definition) is 2. The van der Waals surface area contributed by atoms with Crippen LogP contribution >= 0.6 is 0 Å². The molecule has 1 aliphatic heterocycles. The van der Waals surface area contributed by atoms with Crippen LogP contribution in [0.1, 0.15) is 25.7 Å². The third kappa shape index (κ3) is 3.08. The third-order valence-corrected chi connectivity index (χ3v) is 2.29. The molecule has 0 saturated carbocycles. The largest absolute Gasteiger partial charge is 0.341 e. The fourth-order valence-corrected chi connectivity index (χ4v) is 1.57. The maximum absolute atomic E-state index is 11.5. The molecule has 1 atom stereocenters. The molecule has 0 aromatic carbocycles. The van der Waals surface area contributed by atoms with E-state index in [2.05, 4.69) is 5.92 Å². The molecule has 0 bridgehead atoms. The van der Waals surface area contributed by atoms with E-state index in [0.29, 0.717) is 19.4 Å². The quantitative estimate of drug-likeness (QED) is 0.623. The van der Waals surface area contributed by atoms with Crippen molar-refractivity contribution in [2.24, 2.45) is 5.73 Å². The average molecular weight is 180 g/mol. The lowest BCUT2D eigenvalue weighted by molar-refractivity contribution is -0.132. The number of terminal acetylenes is 1. The molecule has 3 nitrogen and oxygen atoms in total. The highest BCUT2D eigenvalue weighted by Gasteiger charge is 2.20. The lowest BCUT2D eigenvalue weighted by atomic mass is 10.1. The van der Waals surface area contributed by atoms with Gasteiger partial charge in [0.2, 0.25) is 5.91 Å². The molecule has 1 unspecified atom stereocenters. The summed E-state index contributed by atoms with van der Waals surface area (Å²) in [4.78, 5) is 13.3. The molecule has 1 fully saturated rings. The normalized spacial score (nSPS) is 22.5. The summed E-state index contributed by atoms with van der Waals surface area (Å²) in [6.45, 7) is 1.54. The molecule has 3 heteroatoms. The Morgan fingerprint density at radius 3 is 3.08 bits per heavy atom. The monoisotopic (exact) mass is 180 g/mol. The molecule has 1 saturated heterocycles. The van der Waals surface area contributed by atoms with Gasteiger partial charge in [0.05, 0.1) is 0 Å². The molecular weight excluding hydrogens is 164 g/mol. The molecule has 2 N–H and O–H groups in total. The predicted molar refractivity (Wildman–Crippen MR) is 51.9 cm³/mol. The van der Waals surface area contributed by atoms with Gasteiger partial charge in [-0.3, -0.25) is 4.79 Å². The lowest BCUT2D eigenvalue weighted by Crippen LogP contribution is -2.45. The van der Waals surface area contributed by atoms with Crippen LogP contribution < -0.4 is 5.73 Å². The first-order valence-corrected chi connectivity index (χ1v) is 4.71. The second kappa shape index (κ2) is 4.88. The highest BCUT2D eigenvalue weighted by Crippen LogP contribution is 2.09. The van der Waals surface area contributed by atoms with Crippen molar-refractivity contribution in [2.75, 3.05) is 13.1 Å². The van der Waals surface area contributed by atoms with Gasteiger partial charge in [-0.25, -0.2) is 0 Å². The van der Waals surface area contributed by atoms with Crippen LogP contribution in [-0.4, -0.2) is 29.9 Å². The number of nitrogens with two attached hydrogens (primary N) is 1. The van der Waals surface area contributed by atoms with Crippen molar-refractivity contribution in [2.45, 2.75) is 31.7 Å². The van der Waals surface area contributed by atoms with Crippen LogP contribution in [0.3, 0.4) is 0 Å². The van der Waals surface area contributed by atoms with Crippen LogP contribution in [-0.2, 0) is 4.79 Å². The van der Waals surface area contributed by atoms with Crippen molar-refractivity contribution in [1.29, 1.82) is 0 Å². The number of rotatable bonds is 2. The Bertz CT molecular complexity index is 219. The van der Waals surface area contributed by atoms with Gasteiger partial charge in [-0.2, -0.15) is 0 Å². The molecule has 0 spiro atoms. The minimum absolute atomic E-state index is 0.146. The summed E-state index contributed by atoms with van der Waals surface area (Å²) in [5, 5.41) is 0. The summed E-state index contributed by atoms with van der Waals surface area (Å²) in [5.74, 6) is 2.62. The third-order valence-electron chi connectivity index (χ3n) is 2.29. The Hall–Kier alpha value is -1.01. The zero-order valence-electron chi connectivity index (χ0n) is 7.83. The molecule has 1 heterocycles. The van der Waals surface area contributed by atoms with Crippen molar-refractivity contribution in [1.82, 2.24) is 4.90 Å². The Kier molecular flexibility index (Phi) is 3.78. The zero-order valence-corrected chi connectivity index (χ0v) is 7.83. The molecule has 0 radical (unpaired) electrons. The van der Waals surface area contributed by atoms with Crippen LogP contribution in [0.25, 0.3) is 0 Å². The summed E-state index contributed by atoms with van der Waals surface area (Å²) in [6.07, 6.45) is 8.13. The maximum Gasteiger partial charge on any atom is 0.223 e. The van der Waals surface area contributed by atoms with E-state index in [0.717, 1.165) is 19.4 Å². The summed E-state index contributed by atoms with van der Waals surface area (Å²) in [5.41, 5.74) is 5.76. The lowest BCUT2D eigenvalue weighted by Gasteiger charge is -2.30. The van der Waals surface area contributed by atoms with Gasteiger partial charge in [0.15, 0.2) is 0 Å². The van der Waals surface area contributed by atoms with Crippen molar-refractivity contribution in [3.63, 3.8) is 0 Å². The highest BCUT2D eigenvalue weighted by atomic mass is 16.2. The Morgan fingerprint density at radius 1 is 1.69 bits per heavy atom. The van der Waals surface area contributed by atoms with Gasteiger partial charge in [0.1, 0.15) is 0 Å². The van der Waals surface area contributed by atoms with E-state index < -0.39 is 0 Å². The number of amides is 1. The fourth-order valence-electron chi connectivity index (χ4n) is 1.57. The number of likely N-dealkylation sites (tertiary alicyclic amines) is 1. The number of carbonyl (C=O) groups excluding carboxylic acids is 1. The fraction of sp³-hybridized carbons (Fsp3) is 0.700. The molecule has 0 aromatic heterocycles. The van der Waals surface area contributed by atoms with Crippen LogP contribution in [0.15, 0.2) is 0 Å². The van der Waals surface area contributed by atoms with Crippen molar-refractivity contribution in [3.8, 4) is 12.3 Å². The van der Waals surface area contributed by atoms with Crippen molar-refractivity contribution >= 4 is 5.91 Å². The second-order valence-corrected chi connectivity index (χ2v) is 3.45. The molecular formula is C10H16N2O. The van der Waals surface area contributed by atoms with Crippen molar-refractivity contribution in [3.05, 3.63) is 0 Å². The van der Waals surface area contributed by atoms with Gasteiger partial charge in [-0.15, -0.1) is 12.3 Å². The maximum atomic E-state index is 11.5. The Labute approximate surface area is 79.3 Å². The predicted octanol–water partition coefficient (Wildman–Crippen LogP) is 0.350. The minimum atomic E-state index is 0.146. The van der Waals surface area contributed by atoms with E-state index in [9.17, 15) is 4.79 Å². The zero-order chi connectivity index (χ0) is 9.68. The van der Waals surface area contributed by atoms with Crippen molar-refractivity contribution < 1.29 is 4.79 Å². The molecule has 72 valence electrons. The summed E-state index contributed by atoms with van der Waals surface area (Å²) in [6, 6.07) is 0.156. The van der Waals surface area contributed by atoms with Crippen LogP contribution in [0, 0.1) is 12.3 Å². The molecule has 1 rings (SSSR count). The highest BCUT2D eigenvalue weighted by molar-refractivity contribution is 5.76. The molecule has 1 amide bonds. The Balaban J connectivity index is 2.33. The number of piperidine rings is 1. The van der Waals surface area contributed by atoms with Crippen LogP contribution in [0.2, 0.25) is 0 Å². The molecule has 1 aliphatic rings. The standard InChI is InChI=1S/C10H16N2O/c1-2-3-6-10(13)12-7-4-5-9(11)8-12/h1,9H,3-8,11H2. The van der Waals surface area contributed by atoms with E-state index >= 15 is 0 Å². The first-order chi connectivity index (χ1) is 6.24. The first kappa shape index (κ1) is 10.1. The number of carbonyl (C=O) groups is 1. The Morgan fingerprint density at radius 2 is 2.46 bits per heavy atom. The smallest absolute Gasteiger partial charge is 0.223 e. The minimum Gasteiger partial charge on any atom is -0.341 e. The molecule has 13 heavy (non-hydrogen) atoms. The van der Waals surface area contributed by atoms with E-state index in [4.69, 9.17) is 12.2 Å². The number of hydrogen-bond donors (Lipinski definition) is 1. The summed E-state index contributed by atoms with van der Waals surface area (Å²) < 4.78 is 0. The van der Waals surface area contributed by atoms with Gasteiger partial charge in [0.25, 0.3) is 0 Å². The van der Waals surface area contributed by atoms with E-state index in [1.807, 2.05) is 4.90 Å². The van der Waals surface area contributed by atoms with Gasteiger partial charge in [0, 0.05) is 32.0 Å². The van der Waals surface area contributed by atoms with Gasteiger partial charge >= 0.3 is 0 Å². The van der Waals surface area contributed by atoms with Crippen LogP contribution in [0.4, 0.5) is 0 Å². The molecule has 0 aromatic rings. The second-order valence-electron chi connectivity index (χ2n) is 3.45. The van der Waals surface area contributed by atoms with Gasteiger partial charge in [-0.1, -0.05) is 0 Å². The van der Waals surface area contributed by atoms with E-state index in [-0.39, 0.29) is 11.9 Å².